The van der Waals surface area contributed by atoms with Crippen molar-refractivity contribution in [2.24, 2.45) is 0 Å². The molecule has 146 valence electrons. The number of fused-ring (bicyclic) bond motifs is 1. The topological polar surface area (TPSA) is 61.2 Å². The lowest BCUT2D eigenvalue weighted by Gasteiger charge is -2.20. The third kappa shape index (κ3) is 4.37. The summed E-state index contributed by atoms with van der Waals surface area (Å²) in [6.07, 6.45) is 0. The zero-order valence-corrected chi connectivity index (χ0v) is 18.3. The highest BCUT2D eigenvalue weighted by Crippen LogP contribution is 2.27. The van der Waals surface area contributed by atoms with E-state index in [1.54, 1.807) is 29.9 Å². The van der Waals surface area contributed by atoms with Crippen LogP contribution in [0.5, 0.6) is 0 Å². The number of hydrogen-bond acceptors (Lipinski definition) is 5. The molecule has 0 N–H and O–H groups in total. The highest BCUT2D eigenvalue weighted by molar-refractivity contribution is 9.10. The fraction of sp³-hybridized carbons (Fsp3) is 0.286. The van der Waals surface area contributed by atoms with Gasteiger partial charge in [0.25, 0.3) is 5.56 Å². The summed E-state index contributed by atoms with van der Waals surface area (Å²) < 4.78 is 7.79. The molecule has 0 aliphatic carbocycles. The van der Waals surface area contributed by atoms with E-state index in [4.69, 9.17) is 4.74 Å². The minimum atomic E-state index is -0.393. The number of ether oxygens (including phenoxy) is 1. The average molecular weight is 461 g/mol. The second-order valence-corrected chi connectivity index (χ2v) is 8.75. The van der Waals surface area contributed by atoms with Gasteiger partial charge in [-0.25, -0.2) is 4.98 Å². The second-order valence-electron chi connectivity index (χ2n) is 6.52. The van der Waals surface area contributed by atoms with Crippen molar-refractivity contribution >= 4 is 44.4 Å². The van der Waals surface area contributed by atoms with Gasteiger partial charge < -0.3 is 4.74 Å². The van der Waals surface area contributed by atoms with Gasteiger partial charge in [0.05, 0.1) is 28.8 Å². The standard InChI is InChI=1S/C21H21BrN2O3S/c1-13(12-27-3)24-20(26)17-6-4-5-7-18(17)23-21(24)28-14(2)19(25)15-8-10-16(22)11-9-15/h4-11,13-14H,12H2,1-3H3/t13-,14-/m1/s1. The Morgan fingerprint density at radius 3 is 2.54 bits per heavy atom. The molecule has 0 aliphatic heterocycles. The van der Waals surface area contributed by atoms with Crippen LogP contribution in [0.2, 0.25) is 0 Å². The fourth-order valence-electron chi connectivity index (χ4n) is 2.97. The van der Waals surface area contributed by atoms with E-state index in [1.807, 2.05) is 44.2 Å². The molecule has 0 saturated heterocycles. The molecule has 0 aliphatic rings. The number of benzene rings is 2. The molecule has 0 saturated carbocycles. The molecule has 0 radical (unpaired) electrons. The van der Waals surface area contributed by atoms with Crippen LogP contribution >= 0.6 is 27.7 Å². The van der Waals surface area contributed by atoms with Gasteiger partial charge in [0.15, 0.2) is 10.9 Å². The first-order chi connectivity index (χ1) is 13.4. The highest BCUT2D eigenvalue weighted by Gasteiger charge is 2.22. The van der Waals surface area contributed by atoms with Gasteiger partial charge in [0.2, 0.25) is 0 Å². The maximum Gasteiger partial charge on any atom is 0.262 e. The largest absolute Gasteiger partial charge is 0.383 e. The van der Waals surface area contributed by atoms with Crippen LogP contribution in [0.3, 0.4) is 0 Å². The van der Waals surface area contributed by atoms with Crippen LogP contribution in [0.1, 0.15) is 30.2 Å². The van der Waals surface area contributed by atoms with Crippen molar-refractivity contribution in [2.75, 3.05) is 13.7 Å². The van der Waals surface area contributed by atoms with Gasteiger partial charge in [0, 0.05) is 17.1 Å². The van der Waals surface area contributed by atoms with Gasteiger partial charge >= 0.3 is 0 Å². The lowest BCUT2D eigenvalue weighted by Crippen LogP contribution is -2.29. The first kappa shape index (κ1) is 20.8. The summed E-state index contributed by atoms with van der Waals surface area (Å²) >= 11 is 4.68. The SMILES string of the molecule is COC[C@@H](C)n1c(S[C@H](C)C(=O)c2ccc(Br)cc2)nc2ccccc2c1=O. The number of aromatic nitrogens is 2. The normalized spacial score (nSPS) is 13.4. The van der Waals surface area contributed by atoms with Crippen molar-refractivity contribution in [3.63, 3.8) is 0 Å². The number of halogens is 1. The Morgan fingerprint density at radius 1 is 1.18 bits per heavy atom. The van der Waals surface area contributed by atoms with Crippen LogP contribution in [0.4, 0.5) is 0 Å². The predicted molar refractivity (Wildman–Crippen MR) is 116 cm³/mol. The van der Waals surface area contributed by atoms with Crippen molar-refractivity contribution in [3.8, 4) is 0 Å². The Labute approximate surface area is 176 Å². The molecule has 3 rings (SSSR count). The van der Waals surface area contributed by atoms with Crippen molar-refractivity contribution in [3.05, 3.63) is 68.9 Å². The Morgan fingerprint density at radius 2 is 1.86 bits per heavy atom. The molecule has 2 aromatic carbocycles. The Hall–Kier alpha value is -1.96. The predicted octanol–water partition coefficient (Wildman–Crippen LogP) is 4.73. The van der Waals surface area contributed by atoms with Crippen LogP contribution in [0.25, 0.3) is 10.9 Å². The Bertz CT molecular complexity index is 1050. The molecule has 5 nitrogen and oxygen atoms in total. The number of carbonyl (C=O) groups is 1. The molecule has 1 aromatic heterocycles. The van der Waals surface area contributed by atoms with E-state index < -0.39 is 5.25 Å². The van der Waals surface area contributed by atoms with Gasteiger partial charge in [-0.3, -0.25) is 14.2 Å². The van der Waals surface area contributed by atoms with Crippen LogP contribution in [-0.2, 0) is 4.74 Å². The maximum atomic E-state index is 13.1. The molecular formula is C21H21BrN2O3S. The van der Waals surface area contributed by atoms with Gasteiger partial charge in [-0.05, 0) is 38.1 Å². The number of hydrogen-bond donors (Lipinski definition) is 0. The van der Waals surface area contributed by atoms with Crippen molar-refractivity contribution < 1.29 is 9.53 Å². The van der Waals surface area contributed by atoms with Crippen molar-refractivity contribution in [2.45, 2.75) is 30.3 Å². The molecule has 7 heteroatoms. The van der Waals surface area contributed by atoms with E-state index in [2.05, 4.69) is 20.9 Å². The number of methoxy groups -OCH3 is 1. The van der Waals surface area contributed by atoms with Crippen molar-refractivity contribution in [1.82, 2.24) is 9.55 Å². The molecular weight excluding hydrogens is 440 g/mol. The van der Waals surface area contributed by atoms with E-state index in [-0.39, 0.29) is 17.4 Å². The summed E-state index contributed by atoms with van der Waals surface area (Å²) in [7, 11) is 1.60. The minimum absolute atomic E-state index is 0.00847. The third-order valence-corrected chi connectivity index (χ3v) is 6.00. The molecule has 0 fully saturated rings. The Balaban J connectivity index is 2.00. The molecule has 1 heterocycles. The van der Waals surface area contributed by atoms with E-state index >= 15 is 0 Å². The number of carbonyl (C=O) groups excluding carboxylic acids is 1. The molecule has 3 aromatic rings. The average Bonchev–Trinajstić information content (AvgIpc) is 2.68. The monoisotopic (exact) mass is 460 g/mol. The molecule has 28 heavy (non-hydrogen) atoms. The summed E-state index contributed by atoms with van der Waals surface area (Å²) in [6.45, 7) is 4.12. The number of nitrogens with zero attached hydrogens (tertiary/aromatic N) is 2. The minimum Gasteiger partial charge on any atom is -0.383 e. The smallest absolute Gasteiger partial charge is 0.262 e. The molecule has 0 unspecified atom stereocenters. The van der Waals surface area contributed by atoms with E-state index in [9.17, 15) is 9.59 Å². The first-order valence-corrected chi connectivity index (χ1v) is 10.6. The summed E-state index contributed by atoms with van der Waals surface area (Å²) in [5.41, 5.74) is 1.13. The highest BCUT2D eigenvalue weighted by atomic mass is 79.9. The first-order valence-electron chi connectivity index (χ1n) is 8.89. The quantitative estimate of drug-likeness (QED) is 0.289. The van der Waals surface area contributed by atoms with E-state index in [1.165, 1.54) is 11.8 Å². The van der Waals surface area contributed by atoms with E-state index in [0.29, 0.717) is 28.2 Å². The van der Waals surface area contributed by atoms with Crippen LogP contribution in [0, 0.1) is 0 Å². The van der Waals surface area contributed by atoms with Crippen LogP contribution in [-0.4, -0.2) is 34.3 Å². The number of ketones is 1. The summed E-state index contributed by atoms with van der Waals surface area (Å²) in [4.78, 5) is 30.6. The van der Waals surface area contributed by atoms with Gasteiger partial charge in [0.1, 0.15) is 0 Å². The zero-order chi connectivity index (χ0) is 20.3. The van der Waals surface area contributed by atoms with Crippen LogP contribution < -0.4 is 5.56 Å². The third-order valence-electron chi connectivity index (χ3n) is 4.40. The lowest BCUT2D eigenvalue weighted by atomic mass is 10.1. The number of thioether (sulfide) groups is 1. The van der Waals surface area contributed by atoms with Crippen molar-refractivity contribution in [1.29, 1.82) is 0 Å². The zero-order valence-electron chi connectivity index (χ0n) is 15.9. The summed E-state index contributed by atoms with van der Waals surface area (Å²) in [6, 6.07) is 14.3. The lowest BCUT2D eigenvalue weighted by molar-refractivity contribution is 0.0993. The van der Waals surface area contributed by atoms with Gasteiger partial charge in [-0.15, -0.1) is 0 Å². The molecule has 0 spiro atoms. The second kappa shape index (κ2) is 9.03. The van der Waals surface area contributed by atoms with E-state index in [0.717, 1.165) is 4.47 Å². The fourth-order valence-corrected chi connectivity index (χ4v) is 4.32. The van der Waals surface area contributed by atoms with Gasteiger partial charge in [-0.1, -0.05) is 52.0 Å². The summed E-state index contributed by atoms with van der Waals surface area (Å²) in [5, 5.41) is 0.683. The number of para-hydroxylation sites is 1. The van der Waals surface area contributed by atoms with Gasteiger partial charge in [-0.2, -0.15) is 0 Å². The number of Topliss-reactive ketones (excluding diaryl/α,β-unsaturated/α-hetero) is 1. The molecule has 2 atom stereocenters. The number of rotatable bonds is 7. The Kier molecular flexibility index (Phi) is 6.69. The molecule has 0 amide bonds. The van der Waals surface area contributed by atoms with Crippen LogP contribution in [0.15, 0.2) is 63.0 Å². The maximum absolute atomic E-state index is 13.1. The summed E-state index contributed by atoms with van der Waals surface area (Å²) in [5.74, 6) is -0.00847. The molecule has 0 bridgehead atoms.